The number of carbonyl (C=O) groups excluding carboxylic acids is 1. The molecule has 0 spiro atoms. The lowest BCUT2D eigenvalue weighted by Gasteiger charge is -2.07. The van der Waals surface area contributed by atoms with Gasteiger partial charge in [-0.3, -0.25) is 4.79 Å². The van der Waals surface area contributed by atoms with Gasteiger partial charge in [-0.2, -0.15) is 0 Å². The quantitative estimate of drug-likeness (QED) is 0.711. The topological polar surface area (TPSA) is 66.8 Å². The van der Waals surface area contributed by atoms with Gasteiger partial charge in [0, 0.05) is 11.1 Å². The van der Waals surface area contributed by atoms with Crippen molar-refractivity contribution in [2.45, 2.75) is 0 Å². The Labute approximate surface area is 133 Å². The molecule has 114 valence electrons. The van der Waals surface area contributed by atoms with Gasteiger partial charge in [0.2, 0.25) is 0 Å². The standard InChI is InChI=1S/C19H14O4/c20-15-6-10-18(11-7-15)23-17-8-4-13(5-9-17)19(22)14-2-1-3-16(21)12-14/h1-12,20-21H. The second-order valence-electron chi connectivity index (χ2n) is 5.00. The average molecular weight is 306 g/mol. The molecule has 0 fully saturated rings. The number of hydrogen-bond donors (Lipinski definition) is 2. The molecule has 0 bridgehead atoms. The van der Waals surface area contributed by atoms with Gasteiger partial charge in [0.05, 0.1) is 0 Å². The predicted octanol–water partition coefficient (Wildman–Crippen LogP) is 4.12. The SMILES string of the molecule is O=C(c1ccc(Oc2ccc(O)cc2)cc1)c1cccc(O)c1. The molecule has 0 aliphatic heterocycles. The van der Waals surface area contributed by atoms with Crippen LogP contribution in [-0.4, -0.2) is 16.0 Å². The lowest BCUT2D eigenvalue weighted by molar-refractivity contribution is 0.103. The summed E-state index contributed by atoms with van der Waals surface area (Å²) in [5.74, 6) is 1.24. The molecule has 23 heavy (non-hydrogen) atoms. The number of hydrogen-bond acceptors (Lipinski definition) is 4. The predicted molar refractivity (Wildman–Crippen MR) is 86.2 cm³/mol. The van der Waals surface area contributed by atoms with E-state index in [1.807, 2.05) is 0 Å². The van der Waals surface area contributed by atoms with E-state index in [0.29, 0.717) is 22.6 Å². The van der Waals surface area contributed by atoms with E-state index in [4.69, 9.17) is 4.74 Å². The second kappa shape index (κ2) is 6.23. The van der Waals surface area contributed by atoms with Crippen LogP contribution < -0.4 is 4.74 Å². The fourth-order valence-corrected chi connectivity index (χ4v) is 2.14. The summed E-state index contributed by atoms with van der Waals surface area (Å²) >= 11 is 0. The minimum Gasteiger partial charge on any atom is -0.508 e. The summed E-state index contributed by atoms with van der Waals surface area (Å²) in [4.78, 5) is 12.3. The maximum Gasteiger partial charge on any atom is 0.193 e. The molecule has 0 atom stereocenters. The molecule has 3 aromatic rings. The number of phenolic OH excluding ortho intramolecular Hbond substituents is 2. The van der Waals surface area contributed by atoms with Crippen LogP contribution in [0.1, 0.15) is 15.9 Å². The van der Waals surface area contributed by atoms with Crippen molar-refractivity contribution in [3.8, 4) is 23.0 Å². The Morgan fingerprint density at radius 2 is 1.30 bits per heavy atom. The third-order valence-electron chi connectivity index (χ3n) is 3.30. The van der Waals surface area contributed by atoms with E-state index >= 15 is 0 Å². The van der Waals surface area contributed by atoms with Crippen molar-refractivity contribution in [1.82, 2.24) is 0 Å². The molecule has 4 heteroatoms. The Morgan fingerprint density at radius 1 is 0.696 bits per heavy atom. The zero-order chi connectivity index (χ0) is 16.2. The molecular formula is C19H14O4. The van der Waals surface area contributed by atoms with Gasteiger partial charge >= 0.3 is 0 Å². The fourth-order valence-electron chi connectivity index (χ4n) is 2.14. The summed E-state index contributed by atoms with van der Waals surface area (Å²) in [5, 5.41) is 18.7. The summed E-state index contributed by atoms with van der Waals surface area (Å²) in [6.45, 7) is 0. The number of carbonyl (C=O) groups is 1. The molecular weight excluding hydrogens is 292 g/mol. The third-order valence-corrected chi connectivity index (χ3v) is 3.30. The molecule has 3 aromatic carbocycles. The summed E-state index contributed by atoms with van der Waals surface area (Å²) in [6.07, 6.45) is 0. The normalized spacial score (nSPS) is 10.3. The lowest BCUT2D eigenvalue weighted by atomic mass is 10.0. The van der Waals surface area contributed by atoms with Crippen molar-refractivity contribution in [3.05, 3.63) is 83.9 Å². The number of rotatable bonds is 4. The van der Waals surface area contributed by atoms with Crippen molar-refractivity contribution in [2.24, 2.45) is 0 Å². The highest BCUT2D eigenvalue weighted by atomic mass is 16.5. The fraction of sp³-hybridized carbons (Fsp3) is 0. The van der Waals surface area contributed by atoms with E-state index in [9.17, 15) is 15.0 Å². The van der Waals surface area contributed by atoms with Crippen LogP contribution >= 0.6 is 0 Å². The van der Waals surface area contributed by atoms with E-state index in [0.717, 1.165) is 0 Å². The summed E-state index contributed by atoms with van der Waals surface area (Å²) in [5.41, 5.74) is 0.936. The van der Waals surface area contributed by atoms with Gasteiger partial charge in [-0.05, 0) is 60.7 Å². The Kier molecular flexibility index (Phi) is 3.97. The first-order chi connectivity index (χ1) is 11.1. The van der Waals surface area contributed by atoms with Crippen molar-refractivity contribution in [3.63, 3.8) is 0 Å². The van der Waals surface area contributed by atoms with Crippen LogP contribution in [0.5, 0.6) is 23.0 Å². The van der Waals surface area contributed by atoms with Gasteiger partial charge in [-0.1, -0.05) is 12.1 Å². The molecule has 0 saturated carbocycles. The number of ether oxygens (including phenoxy) is 1. The van der Waals surface area contributed by atoms with Gasteiger partial charge in [0.15, 0.2) is 5.78 Å². The molecule has 0 heterocycles. The molecule has 0 aromatic heterocycles. The molecule has 0 radical (unpaired) electrons. The van der Waals surface area contributed by atoms with Crippen molar-refractivity contribution < 1.29 is 19.7 Å². The second-order valence-corrected chi connectivity index (χ2v) is 5.00. The number of ketones is 1. The monoisotopic (exact) mass is 306 g/mol. The smallest absolute Gasteiger partial charge is 0.193 e. The van der Waals surface area contributed by atoms with Crippen LogP contribution in [0.2, 0.25) is 0 Å². The largest absolute Gasteiger partial charge is 0.508 e. The van der Waals surface area contributed by atoms with E-state index in [1.165, 1.54) is 24.3 Å². The molecule has 0 unspecified atom stereocenters. The Balaban J connectivity index is 1.76. The molecule has 0 aliphatic rings. The first-order valence-corrected chi connectivity index (χ1v) is 7.02. The van der Waals surface area contributed by atoms with Gasteiger partial charge in [-0.25, -0.2) is 0 Å². The molecule has 4 nitrogen and oxygen atoms in total. The first kappa shape index (κ1) is 14.7. The molecule has 0 aliphatic carbocycles. The van der Waals surface area contributed by atoms with Crippen LogP contribution in [0.4, 0.5) is 0 Å². The number of benzene rings is 3. The summed E-state index contributed by atoms with van der Waals surface area (Å²) in [6, 6.07) is 19.4. The molecule has 3 rings (SSSR count). The zero-order valence-electron chi connectivity index (χ0n) is 12.1. The van der Waals surface area contributed by atoms with Gasteiger partial charge in [0.25, 0.3) is 0 Å². The first-order valence-electron chi connectivity index (χ1n) is 7.02. The van der Waals surface area contributed by atoms with Crippen LogP contribution in [-0.2, 0) is 0 Å². The summed E-state index contributed by atoms with van der Waals surface area (Å²) in [7, 11) is 0. The van der Waals surface area contributed by atoms with E-state index in [2.05, 4.69) is 0 Å². The van der Waals surface area contributed by atoms with Crippen LogP contribution in [0.25, 0.3) is 0 Å². The van der Waals surface area contributed by atoms with E-state index in [1.54, 1.807) is 48.5 Å². The minimum absolute atomic E-state index is 0.0585. The molecule has 2 N–H and O–H groups in total. The number of phenols is 2. The maximum absolute atomic E-state index is 12.3. The molecule has 0 amide bonds. The van der Waals surface area contributed by atoms with Crippen molar-refractivity contribution in [1.29, 1.82) is 0 Å². The van der Waals surface area contributed by atoms with Gasteiger partial charge < -0.3 is 14.9 Å². The highest BCUT2D eigenvalue weighted by Gasteiger charge is 2.09. The van der Waals surface area contributed by atoms with Crippen molar-refractivity contribution in [2.75, 3.05) is 0 Å². The van der Waals surface area contributed by atoms with Crippen LogP contribution in [0, 0.1) is 0 Å². The Bertz CT molecular complexity index is 821. The van der Waals surface area contributed by atoms with Gasteiger partial charge in [-0.15, -0.1) is 0 Å². The summed E-state index contributed by atoms with van der Waals surface area (Å²) < 4.78 is 5.63. The van der Waals surface area contributed by atoms with Gasteiger partial charge in [0.1, 0.15) is 23.0 Å². The number of aromatic hydroxyl groups is 2. The third kappa shape index (κ3) is 3.49. The minimum atomic E-state index is -0.169. The zero-order valence-corrected chi connectivity index (χ0v) is 12.1. The van der Waals surface area contributed by atoms with E-state index in [-0.39, 0.29) is 17.3 Å². The van der Waals surface area contributed by atoms with E-state index < -0.39 is 0 Å². The highest BCUT2D eigenvalue weighted by Crippen LogP contribution is 2.24. The average Bonchev–Trinajstić information content (AvgIpc) is 2.57. The lowest BCUT2D eigenvalue weighted by Crippen LogP contribution is -2.00. The van der Waals surface area contributed by atoms with Crippen molar-refractivity contribution >= 4 is 5.78 Å². The van der Waals surface area contributed by atoms with Crippen LogP contribution in [0.15, 0.2) is 72.8 Å². The van der Waals surface area contributed by atoms with Crippen LogP contribution in [0.3, 0.4) is 0 Å². The maximum atomic E-state index is 12.3. The highest BCUT2D eigenvalue weighted by molar-refractivity contribution is 6.09. The Morgan fingerprint density at radius 3 is 1.91 bits per heavy atom. The molecule has 0 saturated heterocycles. The Hall–Kier alpha value is -3.27.